The van der Waals surface area contributed by atoms with E-state index in [2.05, 4.69) is 42.9 Å². The monoisotopic (exact) mass is 408 g/mol. The van der Waals surface area contributed by atoms with Crippen LogP contribution in [0.3, 0.4) is 0 Å². The second-order valence-electron chi connectivity index (χ2n) is 7.03. The van der Waals surface area contributed by atoms with Crippen molar-refractivity contribution < 1.29 is 9.47 Å². The van der Waals surface area contributed by atoms with Gasteiger partial charge < -0.3 is 19.3 Å². The normalized spacial score (nSPS) is 29.6. The zero-order valence-corrected chi connectivity index (χ0v) is 15.7. The molecule has 3 aliphatic rings. The van der Waals surface area contributed by atoms with Crippen LogP contribution in [-0.4, -0.2) is 71.3 Å². The molecule has 2 bridgehead atoms. The van der Waals surface area contributed by atoms with Gasteiger partial charge >= 0.3 is 0 Å². The second kappa shape index (κ2) is 6.07. The summed E-state index contributed by atoms with van der Waals surface area (Å²) in [4.78, 5) is 14.4. The number of aromatic nitrogens is 4. The van der Waals surface area contributed by atoms with Gasteiger partial charge in [0.15, 0.2) is 5.65 Å². The number of nitrogens with zero attached hydrogens (tertiary/aromatic N) is 5. The lowest BCUT2D eigenvalue weighted by atomic mass is 10.2. The number of rotatable bonds is 2. The van der Waals surface area contributed by atoms with Gasteiger partial charge in [0.2, 0.25) is 5.95 Å². The average molecular weight is 409 g/mol. The van der Waals surface area contributed by atoms with Gasteiger partial charge in [0, 0.05) is 6.54 Å². The summed E-state index contributed by atoms with van der Waals surface area (Å²) in [5.41, 5.74) is 0.705. The van der Waals surface area contributed by atoms with Crippen molar-refractivity contribution in [3.8, 4) is 0 Å². The summed E-state index contributed by atoms with van der Waals surface area (Å²) in [6, 6.07) is 1.00. The Labute approximate surface area is 154 Å². The van der Waals surface area contributed by atoms with Gasteiger partial charge in [-0.1, -0.05) is 0 Å². The number of nitrogens with one attached hydrogen (secondary N) is 1. The molecular formula is C16H21BrN6O2. The molecule has 25 heavy (non-hydrogen) atoms. The molecule has 3 saturated heterocycles. The van der Waals surface area contributed by atoms with Crippen LogP contribution in [0.4, 0.5) is 11.8 Å². The van der Waals surface area contributed by atoms with E-state index >= 15 is 0 Å². The maximum Gasteiger partial charge on any atom is 0.230 e. The number of anilines is 2. The number of hydrogen-bond acceptors (Lipinski definition) is 7. The highest BCUT2D eigenvalue weighted by molar-refractivity contribution is 9.10. The predicted octanol–water partition coefficient (Wildman–Crippen LogP) is 1.71. The van der Waals surface area contributed by atoms with Crippen LogP contribution in [0.15, 0.2) is 4.60 Å². The third-order valence-electron chi connectivity index (χ3n) is 5.45. The smallest absolute Gasteiger partial charge is 0.230 e. The van der Waals surface area contributed by atoms with Gasteiger partial charge in [-0.3, -0.25) is 5.10 Å². The van der Waals surface area contributed by atoms with E-state index in [-0.39, 0.29) is 6.04 Å². The van der Waals surface area contributed by atoms with E-state index in [4.69, 9.17) is 19.4 Å². The molecule has 0 aliphatic carbocycles. The molecule has 3 atom stereocenters. The fourth-order valence-corrected chi connectivity index (χ4v) is 4.62. The van der Waals surface area contributed by atoms with Crippen LogP contribution in [0.5, 0.6) is 0 Å². The molecule has 0 radical (unpaired) electrons. The summed E-state index contributed by atoms with van der Waals surface area (Å²) in [6.45, 7) is 5.92. The van der Waals surface area contributed by atoms with Crippen LogP contribution in [0, 0.1) is 0 Å². The minimum atomic E-state index is 0.267. The number of hydrogen-bond donors (Lipinski definition) is 1. The largest absolute Gasteiger partial charge is 0.377 e. The second-order valence-corrected chi connectivity index (χ2v) is 7.82. The molecule has 0 aromatic carbocycles. The van der Waals surface area contributed by atoms with E-state index in [1.807, 2.05) is 0 Å². The van der Waals surface area contributed by atoms with Crippen molar-refractivity contribution >= 4 is 38.7 Å². The predicted molar refractivity (Wildman–Crippen MR) is 97.1 cm³/mol. The third-order valence-corrected chi connectivity index (χ3v) is 6.02. The SMILES string of the molecule is C[C@@H]1COCCN1c1nc(N2C3CCC2COC3)nc2n[nH]c(Br)c12. The minimum Gasteiger partial charge on any atom is -0.377 e. The number of ether oxygens (including phenoxy) is 2. The highest BCUT2D eigenvalue weighted by Gasteiger charge is 2.40. The van der Waals surface area contributed by atoms with Crippen molar-refractivity contribution in [2.45, 2.75) is 37.9 Å². The average Bonchev–Trinajstić information content (AvgIpc) is 3.11. The topological polar surface area (TPSA) is 79.4 Å². The Morgan fingerprint density at radius 3 is 2.68 bits per heavy atom. The minimum absolute atomic E-state index is 0.267. The standard InChI is InChI=1S/C16H21BrN6O2/c1-9-6-24-5-4-22(9)15-12-13(17)20-21-14(12)18-16(19-15)23-10-2-3-11(23)8-25-7-10/h9-11H,2-8H2,1H3,(H,18,19,20,21)/t9-,10?,11?/m1/s1. The molecule has 5 heterocycles. The Kier molecular flexibility index (Phi) is 3.83. The Morgan fingerprint density at radius 2 is 1.92 bits per heavy atom. The summed E-state index contributed by atoms with van der Waals surface area (Å²) in [5, 5.41) is 8.33. The van der Waals surface area contributed by atoms with Crippen molar-refractivity contribution in [1.82, 2.24) is 20.2 Å². The Hall–Kier alpha value is -1.45. The number of H-pyrrole nitrogens is 1. The molecule has 2 unspecified atom stereocenters. The van der Waals surface area contributed by atoms with E-state index in [1.165, 1.54) is 0 Å². The zero-order chi connectivity index (χ0) is 17.0. The van der Waals surface area contributed by atoms with E-state index in [0.29, 0.717) is 30.9 Å². The molecule has 2 aromatic heterocycles. The molecule has 5 rings (SSSR count). The molecule has 3 aliphatic heterocycles. The molecule has 0 spiro atoms. The number of morpholine rings is 2. The fourth-order valence-electron chi connectivity index (χ4n) is 4.18. The van der Waals surface area contributed by atoms with Crippen molar-refractivity contribution in [2.75, 3.05) is 42.8 Å². The van der Waals surface area contributed by atoms with Gasteiger partial charge in [-0.15, -0.1) is 0 Å². The van der Waals surface area contributed by atoms with E-state index in [1.54, 1.807) is 0 Å². The molecule has 0 amide bonds. The molecule has 9 heteroatoms. The lowest BCUT2D eigenvalue weighted by Gasteiger charge is -2.37. The molecule has 134 valence electrons. The van der Waals surface area contributed by atoms with Gasteiger partial charge in [0.05, 0.1) is 49.9 Å². The van der Waals surface area contributed by atoms with Crippen LogP contribution in [-0.2, 0) is 9.47 Å². The van der Waals surface area contributed by atoms with Gasteiger partial charge in [0.25, 0.3) is 0 Å². The third kappa shape index (κ3) is 2.51. The molecule has 8 nitrogen and oxygen atoms in total. The van der Waals surface area contributed by atoms with Crippen molar-refractivity contribution in [3.63, 3.8) is 0 Å². The first-order valence-electron chi connectivity index (χ1n) is 8.84. The van der Waals surface area contributed by atoms with Crippen LogP contribution < -0.4 is 9.80 Å². The van der Waals surface area contributed by atoms with Gasteiger partial charge in [-0.05, 0) is 35.7 Å². The quantitative estimate of drug-likeness (QED) is 0.809. The lowest BCUT2D eigenvalue weighted by Crippen LogP contribution is -2.47. The molecule has 2 aromatic rings. The van der Waals surface area contributed by atoms with E-state index in [9.17, 15) is 0 Å². The Bertz CT molecular complexity index is 782. The number of fused-ring (bicyclic) bond motifs is 3. The first-order chi connectivity index (χ1) is 12.2. The van der Waals surface area contributed by atoms with Crippen molar-refractivity contribution in [1.29, 1.82) is 0 Å². The fraction of sp³-hybridized carbons (Fsp3) is 0.688. The van der Waals surface area contributed by atoms with Crippen molar-refractivity contribution in [2.24, 2.45) is 0 Å². The summed E-state index contributed by atoms with van der Waals surface area (Å²) in [5.74, 6) is 1.71. The highest BCUT2D eigenvalue weighted by Crippen LogP contribution is 2.37. The summed E-state index contributed by atoms with van der Waals surface area (Å²) >= 11 is 3.57. The lowest BCUT2D eigenvalue weighted by molar-refractivity contribution is 0.0896. The molecular weight excluding hydrogens is 388 g/mol. The van der Waals surface area contributed by atoms with Crippen LogP contribution in [0.1, 0.15) is 19.8 Å². The Morgan fingerprint density at radius 1 is 1.12 bits per heavy atom. The first-order valence-corrected chi connectivity index (χ1v) is 9.63. The van der Waals surface area contributed by atoms with Gasteiger partial charge in [-0.2, -0.15) is 15.1 Å². The summed E-state index contributed by atoms with van der Waals surface area (Å²) in [6.07, 6.45) is 2.28. The summed E-state index contributed by atoms with van der Waals surface area (Å²) in [7, 11) is 0. The van der Waals surface area contributed by atoms with Gasteiger partial charge in [-0.25, -0.2) is 0 Å². The zero-order valence-electron chi connectivity index (χ0n) is 14.1. The maximum atomic E-state index is 5.71. The maximum absolute atomic E-state index is 5.71. The van der Waals surface area contributed by atoms with Crippen LogP contribution >= 0.6 is 15.9 Å². The Balaban J connectivity index is 1.64. The van der Waals surface area contributed by atoms with Gasteiger partial charge in [0.1, 0.15) is 10.4 Å². The first kappa shape index (κ1) is 15.8. The molecule has 1 N–H and O–H groups in total. The van der Waals surface area contributed by atoms with E-state index in [0.717, 1.165) is 54.4 Å². The number of aromatic amines is 1. The molecule has 3 fully saturated rings. The number of halogens is 1. The molecule has 0 saturated carbocycles. The van der Waals surface area contributed by atoms with Crippen molar-refractivity contribution in [3.05, 3.63) is 4.60 Å². The van der Waals surface area contributed by atoms with Crippen LogP contribution in [0.2, 0.25) is 0 Å². The highest BCUT2D eigenvalue weighted by atomic mass is 79.9. The van der Waals surface area contributed by atoms with Crippen LogP contribution in [0.25, 0.3) is 11.0 Å². The summed E-state index contributed by atoms with van der Waals surface area (Å²) < 4.78 is 12.1. The van der Waals surface area contributed by atoms with E-state index < -0.39 is 0 Å².